The lowest BCUT2D eigenvalue weighted by atomic mass is 10.2. The van der Waals surface area contributed by atoms with Crippen LogP contribution in [0, 0.1) is 6.92 Å². The Bertz CT molecular complexity index is 517. The van der Waals surface area contributed by atoms with E-state index in [1.165, 1.54) is 4.90 Å². The van der Waals surface area contributed by atoms with Gasteiger partial charge in [-0.15, -0.1) is 11.8 Å². The molecule has 1 aromatic heterocycles. The molecule has 0 aliphatic carbocycles. The van der Waals surface area contributed by atoms with Gasteiger partial charge in [0, 0.05) is 23.2 Å². The van der Waals surface area contributed by atoms with Crippen LogP contribution in [-0.2, 0) is 6.54 Å². The lowest BCUT2D eigenvalue weighted by molar-refractivity contribution is 0.835. The SMILES string of the molecule is CSc1cccc(-n2cc(Cl)c(C)n2)c1CN. The highest BCUT2D eigenvalue weighted by molar-refractivity contribution is 7.98. The van der Waals surface area contributed by atoms with E-state index >= 15 is 0 Å². The van der Waals surface area contributed by atoms with Crippen LogP contribution in [0.25, 0.3) is 5.69 Å². The second kappa shape index (κ2) is 5.12. The van der Waals surface area contributed by atoms with E-state index in [0.717, 1.165) is 16.9 Å². The fourth-order valence-corrected chi connectivity index (χ4v) is 2.51. The van der Waals surface area contributed by atoms with Gasteiger partial charge in [-0.1, -0.05) is 17.7 Å². The molecule has 0 bridgehead atoms. The van der Waals surface area contributed by atoms with Gasteiger partial charge in [-0.2, -0.15) is 5.10 Å². The van der Waals surface area contributed by atoms with E-state index in [1.54, 1.807) is 16.4 Å². The molecule has 2 aromatic rings. The molecule has 1 heterocycles. The van der Waals surface area contributed by atoms with Gasteiger partial charge in [0.25, 0.3) is 0 Å². The second-order valence-electron chi connectivity index (χ2n) is 3.67. The number of hydrogen-bond donors (Lipinski definition) is 1. The molecule has 2 rings (SSSR count). The van der Waals surface area contributed by atoms with Crippen LogP contribution in [0.4, 0.5) is 0 Å². The summed E-state index contributed by atoms with van der Waals surface area (Å²) in [4.78, 5) is 1.18. The Balaban J connectivity index is 2.58. The first kappa shape index (κ1) is 12.5. The van der Waals surface area contributed by atoms with Crippen molar-refractivity contribution in [1.29, 1.82) is 0 Å². The minimum atomic E-state index is 0.489. The topological polar surface area (TPSA) is 43.8 Å². The molecule has 1 aromatic carbocycles. The standard InChI is InChI=1S/C12H14ClN3S/c1-8-10(13)7-16(15-8)11-4-3-5-12(17-2)9(11)6-14/h3-5,7H,6,14H2,1-2H3. The van der Waals surface area contributed by atoms with Crippen LogP contribution in [-0.4, -0.2) is 16.0 Å². The molecular formula is C12H14ClN3S. The molecule has 90 valence electrons. The molecule has 0 radical (unpaired) electrons. The third-order valence-electron chi connectivity index (χ3n) is 2.62. The van der Waals surface area contributed by atoms with Crippen molar-refractivity contribution in [3.8, 4) is 5.69 Å². The van der Waals surface area contributed by atoms with Gasteiger partial charge >= 0.3 is 0 Å². The van der Waals surface area contributed by atoms with Gasteiger partial charge in [-0.25, -0.2) is 4.68 Å². The number of hydrogen-bond acceptors (Lipinski definition) is 3. The highest BCUT2D eigenvalue weighted by atomic mass is 35.5. The van der Waals surface area contributed by atoms with Crippen molar-refractivity contribution in [3.05, 3.63) is 40.7 Å². The van der Waals surface area contributed by atoms with Gasteiger partial charge < -0.3 is 5.73 Å². The summed E-state index contributed by atoms with van der Waals surface area (Å²) in [6.45, 7) is 2.38. The number of aromatic nitrogens is 2. The Morgan fingerprint density at radius 1 is 1.47 bits per heavy atom. The number of benzene rings is 1. The molecule has 17 heavy (non-hydrogen) atoms. The van der Waals surface area contributed by atoms with Crippen LogP contribution >= 0.6 is 23.4 Å². The predicted octanol–water partition coefficient (Wildman–Crippen LogP) is 3.01. The Morgan fingerprint density at radius 3 is 2.76 bits per heavy atom. The van der Waals surface area contributed by atoms with Gasteiger partial charge in [0.15, 0.2) is 0 Å². The van der Waals surface area contributed by atoms with Crippen LogP contribution < -0.4 is 5.73 Å². The fourth-order valence-electron chi connectivity index (χ4n) is 1.73. The molecule has 0 aliphatic rings. The van der Waals surface area contributed by atoms with Gasteiger partial charge in [0.1, 0.15) is 0 Å². The Hall–Kier alpha value is -0.970. The molecule has 3 nitrogen and oxygen atoms in total. The summed E-state index contributed by atoms with van der Waals surface area (Å²) >= 11 is 7.71. The van der Waals surface area contributed by atoms with Crippen molar-refractivity contribution >= 4 is 23.4 Å². The maximum Gasteiger partial charge on any atom is 0.0819 e. The van der Waals surface area contributed by atoms with Crippen LogP contribution in [0.2, 0.25) is 5.02 Å². The zero-order valence-electron chi connectivity index (χ0n) is 9.77. The van der Waals surface area contributed by atoms with Crippen LogP contribution in [0.1, 0.15) is 11.3 Å². The van der Waals surface area contributed by atoms with Crippen molar-refractivity contribution in [1.82, 2.24) is 9.78 Å². The van der Waals surface area contributed by atoms with E-state index in [0.29, 0.717) is 11.6 Å². The monoisotopic (exact) mass is 267 g/mol. The minimum absolute atomic E-state index is 0.489. The van der Waals surface area contributed by atoms with Crippen molar-refractivity contribution in [2.45, 2.75) is 18.4 Å². The molecule has 0 amide bonds. The van der Waals surface area contributed by atoms with Crippen molar-refractivity contribution in [2.24, 2.45) is 5.73 Å². The summed E-state index contributed by atoms with van der Waals surface area (Å²) in [5.41, 5.74) is 8.74. The summed E-state index contributed by atoms with van der Waals surface area (Å²) in [5, 5.41) is 5.05. The molecule has 0 spiro atoms. The first-order valence-electron chi connectivity index (χ1n) is 5.25. The molecule has 2 N–H and O–H groups in total. The Kier molecular flexibility index (Phi) is 3.76. The Morgan fingerprint density at radius 2 is 2.24 bits per heavy atom. The van der Waals surface area contributed by atoms with Gasteiger partial charge in [0.2, 0.25) is 0 Å². The second-order valence-corrected chi connectivity index (χ2v) is 4.92. The molecule has 0 fully saturated rings. The van der Waals surface area contributed by atoms with Crippen molar-refractivity contribution in [2.75, 3.05) is 6.26 Å². The molecule has 0 atom stereocenters. The summed E-state index contributed by atoms with van der Waals surface area (Å²) in [5.74, 6) is 0. The number of nitrogens with two attached hydrogens (primary N) is 1. The molecule has 5 heteroatoms. The molecule has 0 saturated carbocycles. The normalized spacial score (nSPS) is 10.8. The highest BCUT2D eigenvalue weighted by Crippen LogP contribution is 2.26. The van der Waals surface area contributed by atoms with Crippen LogP contribution in [0.5, 0.6) is 0 Å². The number of nitrogens with zero attached hydrogens (tertiary/aromatic N) is 2. The molecular weight excluding hydrogens is 254 g/mol. The smallest absolute Gasteiger partial charge is 0.0819 e. The van der Waals surface area contributed by atoms with E-state index in [-0.39, 0.29) is 0 Å². The number of thioether (sulfide) groups is 1. The summed E-state index contributed by atoms with van der Waals surface area (Å²) in [6.07, 6.45) is 3.86. The fraction of sp³-hybridized carbons (Fsp3) is 0.250. The van der Waals surface area contributed by atoms with E-state index < -0.39 is 0 Å². The van der Waals surface area contributed by atoms with E-state index in [1.807, 2.05) is 31.5 Å². The predicted molar refractivity (Wildman–Crippen MR) is 73.0 cm³/mol. The third kappa shape index (κ3) is 2.34. The first-order valence-corrected chi connectivity index (χ1v) is 6.85. The quantitative estimate of drug-likeness (QED) is 0.870. The summed E-state index contributed by atoms with van der Waals surface area (Å²) in [6, 6.07) is 6.07. The van der Waals surface area contributed by atoms with Gasteiger partial charge in [-0.3, -0.25) is 0 Å². The largest absolute Gasteiger partial charge is 0.326 e. The average Bonchev–Trinajstić information content (AvgIpc) is 2.68. The number of rotatable bonds is 3. The lowest BCUT2D eigenvalue weighted by Crippen LogP contribution is -2.06. The minimum Gasteiger partial charge on any atom is -0.326 e. The summed E-state index contributed by atoms with van der Waals surface area (Å²) < 4.78 is 1.79. The molecule has 0 saturated heterocycles. The highest BCUT2D eigenvalue weighted by Gasteiger charge is 2.10. The van der Waals surface area contributed by atoms with Crippen LogP contribution in [0.3, 0.4) is 0 Å². The van der Waals surface area contributed by atoms with Gasteiger partial charge in [-0.05, 0) is 25.3 Å². The Labute approximate surface area is 110 Å². The average molecular weight is 268 g/mol. The maximum atomic E-state index is 6.03. The molecule has 0 unspecified atom stereocenters. The van der Waals surface area contributed by atoms with E-state index in [9.17, 15) is 0 Å². The number of aryl methyl sites for hydroxylation is 1. The van der Waals surface area contributed by atoms with Crippen molar-refractivity contribution in [3.63, 3.8) is 0 Å². The summed E-state index contributed by atoms with van der Waals surface area (Å²) in [7, 11) is 0. The van der Waals surface area contributed by atoms with E-state index in [2.05, 4.69) is 11.2 Å². The van der Waals surface area contributed by atoms with Gasteiger partial charge in [0.05, 0.1) is 16.4 Å². The van der Waals surface area contributed by atoms with E-state index in [4.69, 9.17) is 17.3 Å². The van der Waals surface area contributed by atoms with Crippen LogP contribution in [0.15, 0.2) is 29.3 Å². The van der Waals surface area contributed by atoms with Crippen molar-refractivity contribution < 1.29 is 0 Å². The zero-order valence-corrected chi connectivity index (χ0v) is 11.3. The first-order chi connectivity index (χ1) is 8.17. The third-order valence-corrected chi connectivity index (χ3v) is 3.81. The maximum absolute atomic E-state index is 6.03. The number of halogens is 1. The zero-order chi connectivity index (χ0) is 12.4. The lowest BCUT2D eigenvalue weighted by Gasteiger charge is -2.11. The molecule has 0 aliphatic heterocycles.